The number of primary amides is 1. The first-order valence-electron chi connectivity index (χ1n) is 5.37. The summed E-state index contributed by atoms with van der Waals surface area (Å²) in [6.45, 7) is 1.44. The maximum absolute atomic E-state index is 11.5. The lowest BCUT2D eigenvalue weighted by atomic mass is 10.4. The number of thiophene rings is 1. The standard InChI is InChI=1S/C11H11N3O3S2/c1-6(9(12)16)17-8(15)4-19-11-7-2-3-18-10(7)13-5-14-11/h2-3,5-6H,4H2,1H3,(H2,12,16)/t6-/m0/s1. The monoisotopic (exact) mass is 297 g/mol. The number of aromatic nitrogens is 2. The molecule has 2 aromatic rings. The normalized spacial score (nSPS) is 12.3. The van der Waals surface area contributed by atoms with Crippen LogP contribution in [0.25, 0.3) is 10.2 Å². The summed E-state index contributed by atoms with van der Waals surface area (Å²) < 4.78 is 4.85. The van der Waals surface area contributed by atoms with Gasteiger partial charge in [0, 0.05) is 5.39 Å². The van der Waals surface area contributed by atoms with Gasteiger partial charge in [-0.3, -0.25) is 9.59 Å². The van der Waals surface area contributed by atoms with E-state index in [2.05, 4.69) is 9.97 Å². The molecule has 0 bridgehead atoms. The molecule has 0 spiro atoms. The van der Waals surface area contributed by atoms with E-state index in [1.165, 1.54) is 36.3 Å². The molecule has 19 heavy (non-hydrogen) atoms. The molecule has 0 aliphatic rings. The highest BCUT2D eigenvalue weighted by Crippen LogP contribution is 2.27. The number of carbonyl (C=O) groups is 2. The molecule has 2 rings (SSSR count). The van der Waals surface area contributed by atoms with E-state index >= 15 is 0 Å². The molecule has 2 aromatic heterocycles. The fraction of sp³-hybridized carbons (Fsp3) is 0.273. The van der Waals surface area contributed by atoms with Crippen molar-refractivity contribution in [1.29, 1.82) is 0 Å². The molecule has 0 aliphatic carbocycles. The maximum Gasteiger partial charge on any atom is 0.317 e. The van der Waals surface area contributed by atoms with Crippen molar-refractivity contribution in [3.05, 3.63) is 17.8 Å². The number of ether oxygens (including phenoxy) is 1. The molecule has 2 heterocycles. The fourth-order valence-corrected chi connectivity index (χ4v) is 2.86. The second-order valence-electron chi connectivity index (χ2n) is 3.64. The van der Waals surface area contributed by atoms with Crippen LogP contribution < -0.4 is 5.73 Å². The third kappa shape index (κ3) is 3.42. The van der Waals surface area contributed by atoms with Crippen molar-refractivity contribution in [2.45, 2.75) is 18.1 Å². The third-order valence-corrected chi connectivity index (χ3v) is 4.06. The zero-order chi connectivity index (χ0) is 13.8. The number of fused-ring (bicyclic) bond motifs is 1. The van der Waals surface area contributed by atoms with Gasteiger partial charge in [0.1, 0.15) is 16.2 Å². The molecular formula is C11H11N3O3S2. The van der Waals surface area contributed by atoms with Gasteiger partial charge in [-0.25, -0.2) is 9.97 Å². The molecule has 1 amide bonds. The average Bonchev–Trinajstić information content (AvgIpc) is 2.84. The first kappa shape index (κ1) is 13.8. The van der Waals surface area contributed by atoms with Gasteiger partial charge in [-0.1, -0.05) is 11.8 Å². The highest BCUT2D eigenvalue weighted by Gasteiger charge is 2.15. The predicted octanol–water partition coefficient (Wildman–Crippen LogP) is 1.20. The highest BCUT2D eigenvalue weighted by molar-refractivity contribution is 8.00. The van der Waals surface area contributed by atoms with Gasteiger partial charge in [-0.15, -0.1) is 11.3 Å². The van der Waals surface area contributed by atoms with Gasteiger partial charge >= 0.3 is 5.97 Å². The van der Waals surface area contributed by atoms with E-state index in [1.807, 2.05) is 11.4 Å². The van der Waals surface area contributed by atoms with E-state index in [4.69, 9.17) is 10.5 Å². The zero-order valence-corrected chi connectivity index (χ0v) is 11.7. The smallest absolute Gasteiger partial charge is 0.317 e. The van der Waals surface area contributed by atoms with E-state index in [1.54, 1.807) is 0 Å². The largest absolute Gasteiger partial charge is 0.452 e. The van der Waals surface area contributed by atoms with Crippen molar-refractivity contribution in [2.24, 2.45) is 5.73 Å². The summed E-state index contributed by atoms with van der Waals surface area (Å²) >= 11 is 2.75. The van der Waals surface area contributed by atoms with Gasteiger partial charge in [-0.2, -0.15) is 0 Å². The summed E-state index contributed by atoms with van der Waals surface area (Å²) in [5.74, 6) is -1.10. The number of rotatable bonds is 5. The van der Waals surface area contributed by atoms with Gasteiger partial charge in [0.15, 0.2) is 6.10 Å². The third-order valence-electron chi connectivity index (χ3n) is 2.26. The highest BCUT2D eigenvalue weighted by atomic mass is 32.2. The molecule has 6 nitrogen and oxygen atoms in total. The minimum Gasteiger partial charge on any atom is -0.452 e. The van der Waals surface area contributed by atoms with Gasteiger partial charge in [0.25, 0.3) is 5.91 Å². The Morgan fingerprint density at radius 2 is 2.32 bits per heavy atom. The molecule has 0 aromatic carbocycles. The van der Waals surface area contributed by atoms with Gasteiger partial charge < -0.3 is 10.5 Å². The summed E-state index contributed by atoms with van der Waals surface area (Å²) in [4.78, 5) is 31.4. The van der Waals surface area contributed by atoms with Crippen LogP contribution in [0.2, 0.25) is 0 Å². The lowest BCUT2D eigenvalue weighted by molar-refractivity contribution is -0.151. The van der Waals surface area contributed by atoms with Gasteiger partial charge in [0.2, 0.25) is 0 Å². The van der Waals surface area contributed by atoms with Crippen molar-refractivity contribution < 1.29 is 14.3 Å². The summed E-state index contributed by atoms with van der Waals surface area (Å²) in [6.07, 6.45) is 0.540. The van der Waals surface area contributed by atoms with E-state index in [0.717, 1.165) is 15.2 Å². The molecule has 8 heteroatoms. The number of nitrogens with zero attached hydrogens (tertiary/aromatic N) is 2. The number of nitrogens with two attached hydrogens (primary N) is 1. The first-order chi connectivity index (χ1) is 9.08. The minimum absolute atomic E-state index is 0.0690. The summed E-state index contributed by atoms with van der Waals surface area (Å²) in [5.41, 5.74) is 5.01. The topological polar surface area (TPSA) is 95.2 Å². The Balaban J connectivity index is 1.97. The van der Waals surface area contributed by atoms with Crippen molar-refractivity contribution in [1.82, 2.24) is 9.97 Å². The van der Waals surface area contributed by atoms with Crippen molar-refractivity contribution in [3.63, 3.8) is 0 Å². The number of thioether (sulfide) groups is 1. The Morgan fingerprint density at radius 1 is 1.53 bits per heavy atom. The summed E-state index contributed by atoms with van der Waals surface area (Å²) in [6, 6.07) is 1.90. The number of hydrogen-bond acceptors (Lipinski definition) is 7. The molecule has 0 fully saturated rings. The maximum atomic E-state index is 11.5. The van der Waals surface area contributed by atoms with E-state index in [-0.39, 0.29) is 5.75 Å². The summed E-state index contributed by atoms with van der Waals surface area (Å²) in [5, 5.41) is 3.54. The zero-order valence-electron chi connectivity index (χ0n) is 10.0. The van der Waals surface area contributed by atoms with Crippen LogP contribution in [0.3, 0.4) is 0 Å². The Morgan fingerprint density at radius 3 is 3.05 bits per heavy atom. The number of amides is 1. The molecule has 100 valence electrons. The molecule has 0 saturated heterocycles. The van der Waals surface area contributed by atoms with Crippen LogP contribution in [0.5, 0.6) is 0 Å². The van der Waals surface area contributed by atoms with E-state index < -0.39 is 18.0 Å². The van der Waals surface area contributed by atoms with Crippen molar-refractivity contribution in [2.75, 3.05) is 5.75 Å². The lowest BCUT2D eigenvalue weighted by Crippen LogP contribution is -2.31. The second-order valence-corrected chi connectivity index (χ2v) is 5.50. The fourth-order valence-electron chi connectivity index (χ4n) is 1.30. The number of hydrogen-bond donors (Lipinski definition) is 1. The molecule has 2 N–H and O–H groups in total. The van der Waals surface area contributed by atoms with Crippen LogP contribution in [0.4, 0.5) is 0 Å². The predicted molar refractivity (Wildman–Crippen MR) is 72.9 cm³/mol. The number of carbonyl (C=O) groups excluding carboxylic acids is 2. The minimum atomic E-state index is -0.917. The quantitative estimate of drug-likeness (QED) is 0.506. The van der Waals surface area contributed by atoms with Crippen LogP contribution in [-0.2, 0) is 14.3 Å². The Hall–Kier alpha value is -1.67. The molecule has 0 saturated carbocycles. The molecule has 0 radical (unpaired) electrons. The van der Waals surface area contributed by atoms with E-state index in [9.17, 15) is 9.59 Å². The Labute approximate surface area is 117 Å². The molecular weight excluding hydrogens is 286 g/mol. The van der Waals surface area contributed by atoms with Crippen molar-refractivity contribution in [3.8, 4) is 0 Å². The van der Waals surface area contributed by atoms with Crippen LogP contribution in [-0.4, -0.2) is 33.7 Å². The number of esters is 1. The van der Waals surface area contributed by atoms with Crippen LogP contribution in [0.1, 0.15) is 6.92 Å². The molecule has 0 aliphatic heterocycles. The summed E-state index contributed by atoms with van der Waals surface area (Å²) in [7, 11) is 0. The van der Waals surface area contributed by atoms with E-state index in [0.29, 0.717) is 0 Å². The van der Waals surface area contributed by atoms with Crippen LogP contribution in [0, 0.1) is 0 Å². The average molecular weight is 297 g/mol. The van der Waals surface area contributed by atoms with Crippen LogP contribution in [0.15, 0.2) is 22.8 Å². The van der Waals surface area contributed by atoms with Gasteiger partial charge in [-0.05, 0) is 18.4 Å². The van der Waals surface area contributed by atoms with Gasteiger partial charge in [0.05, 0.1) is 5.75 Å². The second kappa shape index (κ2) is 5.98. The molecule has 0 unspecified atom stereocenters. The van der Waals surface area contributed by atoms with Crippen LogP contribution >= 0.6 is 23.1 Å². The first-order valence-corrected chi connectivity index (χ1v) is 7.24. The Bertz CT molecular complexity index is 614. The lowest BCUT2D eigenvalue weighted by Gasteiger charge is -2.09. The Kier molecular flexibility index (Phi) is 4.33. The molecule has 1 atom stereocenters. The van der Waals surface area contributed by atoms with Crippen molar-refractivity contribution >= 4 is 45.2 Å². The SMILES string of the molecule is C[C@H](OC(=O)CSc1ncnc2sccc12)C(N)=O.